The van der Waals surface area contributed by atoms with Crippen molar-refractivity contribution >= 4 is 35.1 Å². The average molecular weight is 547 g/mol. The van der Waals surface area contributed by atoms with Crippen molar-refractivity contribution in [2.24, 2.45) is 5.92 Å². The van der Waals surface area contributed by atoms with E-state index in [2.05, 4.69) is 20.2 Å². The van der Waals surface area contributed by atoms with Crippen LogP contribution in [0.25, 0.3) is 11.3 Å². The number of aromatic nitrogens is 3. The Bertz CT molecular complexity index is 1260. The molecule has 0 spiro atoms. The standard InChI is InChI=1S/C26H28Cl2N4O5/c27-19-2-1-3-20(28)21(19)22-18(23(36-30-22)14-4-5-14)13-35-17-8-10-32(11-9-17)26-29-24(37-31-26)15-6-7-16(12-15)25(33)34/h1-3,14-17H,4-13H2,(H,33,34)/t15-,16-/m0/s1. The van der Waals surface area contributed by atoms with E-state index in [1.54, 1.807) is 12.1 Å². The molecule has 1 N–H and O–H groups in total. The van der Waals surface area contributed by atoms with Gasteiger partial charge in [0.15, 0.2) is 0 Å². The molecule has 6 rings (SSSR count). The van der Waals surface area contributed by atoms with Crippen LogP contribution in [0.5, 0.6) is 0 Å². The van der Waals surface area contributed by atoms with Crippen LogP contribution in [0.3, 0.4) is 0 Å². The van der Waals surface area contributed by atoms with Gasteiger partial charge in [-0.05, 0) is 62.2 Å². The van der Waals surface area contributed by atoms with Crippen molar-refractivity contribution in [2.45, 2.75) is 69.5 Å². The fourth-order valence-corrected chi connectivity index (χ4v) is 6.00. The molecule has 1 aromatic carbocycles. The molecular formula is C26H28Cl2N4O5. The largest absolute Gasteiger partial charge is 0.481 e. The Morgan fingerprint density at radius 1 is 1.03 bits per heavy atom. The van der Waals surface area contributed by atoms with Gasteiger partial charge in [-0.1, -0.05) is 34.4 Å². The van der Waals surface area contributed by atoms with E-state index in [0.29, 0.717) is 58.5 Å². The molecule has 0 bridgehead atoms. The smallest absolute Gasteiger partial charge is 0.306 e. The summed E-state index contributed by atoms with van der Waals surface area (Å²) in [4.78, 5) is 17.9. The van der Waals surface area contributed by atoms with Gasteiger partial charge in [-0.2, -0.15) is 4.98 Å². The number of anilines is 1. The highest BCUT2D eigenvalue weighted by atomic mass is 35.5. The molecule has 1 aliphatic heterocycles. The minimum Gasteiger partial charge on any atom is -0.481 e. The molecule has 196 valence electrons. The highest BCUT2D eigenvalue weighted by molar-refractivity contribution is 6.39. The molecular weight excluding hydrogens is 519 g/mol. The lowest BCUT2D eigenvalue weighted by Crippen LogP contribution is -2.37. The van der Waals surface area contributed by atoms with Crippen LogP contribution in [0.15, 0.2) is 27.2 Å². The molecule has 3 aliphatic rings. The lowest BCUT2D eigenvalue weighted by Gasteiger charge is -2.30. The quantitative estimate of drug-likeness (QED) is 0.359. The van der Waals surface area contributed by atoms with Gasteiger partial charge < -0.3 is 23.8 Å². The number of carboxylic acid groups (broad SMARTS) is 1. The van der Waals surface area contributed by atoms with Gasteiger partial charge in [0.05, 0.1) is 28.7 Å². The van der Waals surface area contributed by atoms with Crippen molar-refractivity contribution in [3.63, 3.8) is 0 Å². The molecule has 0 unspecified atom stereocenters. The number of benzene rings is 1. The summed E-state index contributed by atoms with van der Waals surface area (Å²) in [7, 11) is 0. The molecule has 3 heterocycles. The van der Waals surface area contributed by atoms with Crippen LogP contribution in [0.2, 0.25) is 10.0 Å². The first-order valence-electron chi connectivity index (χ1n) is 12.8. The third-order valence-electron chi connectivity index (χ3n) is 7.72. The van der Waals surface area contributed by atoms with E-state index in [-0.39, 0.29) is 17.9 Å². The summed E-state index contributed by atoms with van der Waals surface area (Å²) in [6.45, 7) is 1.87. The molecule has 0 amide bonds. The summed E-state index contributed by atoms with van der Waals surface area (Å²) in [6, 6.07) is 5.41. The Morgan fingerprint density at radius 2 is 1.76 bits per heavy atom. The molecule has 9 nitrogen and oxygen atoms in total. The second-order valence-corrected chi connectivity index (χ2v) is 11.0. The van der Waals surface area contributed by atoms with Crippen LogP contribution in [-0.2, 0) is 16.1 Å². The molecule has 0 radical (unpaired) electrons. The number of rotatable bonds is 8. The molecule has 2 aliphatic carbocycles. The predicted octanol–water partition coefficient (Wildman–Crippen LogP) is 6.06. The molecule has 2 atom stereocenters. The number of piperidine rings is 1. The van der Waals surface area contributed by atoms with Crippen molar-refractivity contribution in [3.05, 3.63) is 45.5 Å². The van der Waals surface area contributed by atoms with E-state index in [9.17, 15) is 9.90 Å². The Balaban J connectivity index is 1.08. The van der Waals surface area contributed by atoms with E-state index in [1.165, 1.54) is 0 Å². The zero-order valence-electron chi connectivity index (χ0n) is 20.2. The number of carboxylic acids is 1. The van der Waals surface area contributed by atoms with Crippen LogP contribution in [-0.4, -0.2) is 45.6 Å². The first-order chi connectivity index (χ1) is 18.0. The zero-order valence-corrected chi connectivity index (χ0v) is 21.7. The first-order valence-corrected chi connectivity index (χ1v) is 13.6. The van der Waals surface area contributed by atoms with E-state index < -0.39 is 5.97 Å². The van der Waals surface area contributed by atoms with E-state index in [4.69, 9.17) is 37.0 Å². The number of hydrogen-bond donors (Lipinski definition) is 1. The van der Waals surface area contributed by atoms with Gasteiger partial charge in [-0.15, -0.1) is 0 Å². The van der Waals surface area contributed by atoms with Gasteiger partial charge in [0.25, 0.3) is 5.95 Å². The number of ether oxygens (including phenoxy) is 1. The third-order valence-corrected chi connectivity index (χ3v) is 8.35. The number of nitrogens with zero attached hydrogens (tertiary/aromatic N) is 4. The summed E-state index contributed by atoms with van der Waals surface area (Å²) < 4.78 is 17.6. The zero-order chi connectivity index (χ0) is 25.5. The van der Waals surface area contributed by atoms with E-state index in [1.807, 2.05) is 6.07 Å². The Labute approximate surface area is 224 Å². The normalized spacial score (nSPS) is 22.6. The van der Waals surface area contributed by atoms with Gasteiger partial charge >= 0.3 is 5.97 Å². The maximum atomic E-state index is 11.3. The monoisotopic (exact) mass is 546 g/mol. The van der Waals surface area contributed by atoms with E-state index in [0.717, 1.165) is 56.5 Å². The highest BCUT2D eigenvalue weighted by Crippen LogP contribution is 2.46. The summed E-state index contributed by atoms with van der Waals surface area (Å²) in [5.41, 5.74) is 2.27. The van der Waals surface area contributed by atoms with Gasteiger partial charge in [0.2, 0.25) is 5.89 Å². The lowest BCUT2D eigenvalue weighted by molar-refractivity contribution is -0.141. The van der Waals surface area contributed by atoms with Crippen LogP contribution < -0.4 is 4.90 Å². The maximum Gasteiger partial charge on any atom is 0.306 e. The number of hydrogen-bond acceptors (Lipinski definition) is 8. The van der Waals surface area contributed by atoms with Crippen molar-refractivity contribution < 1.29 is 23.7 Å². The van der Waals surface area contributed by atoms with Crippen LogP contribution in [0.1, 0.15) is 74.0 Å². The minimum atomic E-state index is -0.748. The second-order valence-electron chi connectivity index (χ2n) is 10.2. The molecule has 2 saturated carbocycles. The Hall–Kier alpha value is -2.62. The molecule has 1 saturated heterocycles. The number of halogens is 2. The van der Waals surface area contributed by atoms with Gasteiger partial charge in [-0.3, -0.25) is 4.79 Å². The Kier molecular flexibility index (Phi) is 6.86. The molecule has 2 aromatic heterocycles. The number of aliphatic carboxylic acids is 1. The number of carbonyl (C=O) groups is 1. The maximum absolute atomic E-state index is 11.3. The summed E-state index contributed by atoms with van der Waals surface area (Å²) in [5, 5.41) is 18.8. The molecule has 11 heteroatoms. The average Bonchev–Trinajstić information content (AvgIpc) is 3.27. The van der Waals surface area contributed by atoms with Crippen molar-refractivity contribution in [1.82, 2.24) is 15.3 Å². The van der Waals surface area contributed by atoms with Crippen molar-refractivity contribution in [3.8, 4) is 11.3 Å². The lowest BCUT2D eigenvalue weighted by atomic mass is 10.0. The van der Waals surface area contributed by atoms with Gasteiger partial charge in [0, 0.05) is 36.1 Å². The highest BCUT2D eigenvalue weighted by Gasteiger charge is 2.36. The van der Waals surface area contributed by atoms with Gasteiger partial charge in [-0.25, -0.2) is 0 Å². The summed E-state index contributed by atoms with van der Waals surface area (Å²) in [6.07, 6.45) is 5.86. The van der Waals surface area contributed by atoms with Crippen LogP contribution in [0.4, 0.5) is 5.95 Å². The topological polar surface area (TPSA) is 115 Å². The SMILES string of the molecule is O=C(O)[C@H]1CC[C@H](c2nc(N3CCC(OCc4c(-c5c(Cl)cccc5Cl)noc4C4CC4)CC3)no2)C1. The van der Waals surface area contributed by atoms with E-state index >= 15 is 0 Å². The fourth-order valence-electron chi connectivity index (χ4n) is 5.42. The molecule has 37 heavy (non-hydrogen) atoms. The first kappa shape index (κ1) is 24.7. The van der Waals surface area contributed by atoms with Crippen molar-refractivity contribution in [1.29, 1.82) is 0 Å². The van der Waals surface area contributed by atoms with Gasteiger partial charge in [0.1, 0.15) is 11.5 Å². The van der Waals surface area contributed by atoms with Crippen LogP contribution >= 0.6 is 23.2 Å². The second kappa shape index (κ2) is 10.3. The Morgan fingerprint density at radius 3 is 2.43 bits per heavy atom. The fraction of sp³-hybridized carbons (Fsp3) is 0.538. The molecule has 3 aromatic rings. The third kappa shape index (κ3) is 5.09. The van der Waals surface area contributed by atoms with Crippen LogP contribution in [0, 0.1) is 5.92 Å². The molecule has 3 fully saturated rings. The summed E-state index contributed by atoms with van der Waals surface area (Å²) in [5.74, 6) is 1.31. The van der Waals surface area contributed by atoms with Crippen molar-refractivity contribution in [2.75, 3.05) is 18.0 Å². The predicted molar refractivity (Wildman–Crippen MR) is 136 cm³/mol. The summed E-state index contributed by atoms with van der Waals surface area (Å²) >= 11 is 12.9. The minimum absolute atomic E-state index is 0.0215.